The zero-order valence-electron chi connectivity index (χ0n) is 14.1. The number of nitrogens with zero attached hydrogens (tertiary/aromatic N) is 2. The van der Waals surface area contributed by atoms with Crippen LogP contribution in [0.25, 0.3) is 10.9 Å². The fraction of sp³-hybridized carbons (Fsp3) is 0.500. The van der Waals surface area contributed by atoms with Gasteiger partial charge in [-0.25, -0.2) is 8.78 Å². The molecule has 3 rings (SSSR count). The summed E-state index contributed by atoms with van der Waals surface area (Å²) in [7, 11) is 0. The van der Waals surface area contributed by atoms with Crippen molar-refractivity contribution in [2.24, 2.45) is 5.92 Å². The van der Waals surface area contributed by atoms with E-state index in [0.29, 0.717) is 25.6 Å². The molecule has 1 fully saturated rings. The summed E-state index contributed by atoms with van der Waals surface area (Å²) in [4.78, 5) is 13.8. The highest BCUT2D eigenvalue weighted by Gasteiger charge is 2.28. The van der Waals surface area contributed by atoms with Crippen LogP contribution in [0.15, 0.2) is 23.1 Å². The molecule has 0 aliphatic carbocycles. The number of anilines is 1. The smallest absolute Gasteiger partial charge is 0.189 e. The van der Waals surface area contributed by atoms with Gasteiger partial charge in [-0.3, -0.25) is 4.79 Å². The molecule has 0 spiro atoms. The lowest BCUT2D eigenvalue weighted by Crippen LogP contribution is -2.27. The van der Waals surface area contributed by atoms with Gasteiger partial charge in [0.2, 0.25) is 0 Å². The molecular weight excluding hydrogens is 312 g/mol. The largest absolute Gasteiger partial charge is 0.366 e. The number of pyridine rings is 1. The van der Waals surface area contributed by atoms with Gasteiger partial charge in [0.1, 0.15) is 11.5 Å². The standard InChI is InChI=1S/C18H23F2N3O/c1-3-21-10-12-5-7-23(11-12)18-14(19)9-13-15(24)6-8-22(4-2)17(13)16(18)20/h6,8-9,12,21H,3-5,7,10-11H2,1-2H3. The maximum absolute atomic E-state index is 15.1. The second kappa shape index (κ2) is 6.89. The first-order chi connectivity index (χ1) is 11.6. The Bertz CT molecular complexity index is 803. The lowest BCUT2D eigenvalue weighted by molar-refractivity contribution is 0.525. The summed E-state index contributed by atoms with van der Waals surface area (Å²) in [5.74, 6) is -0.910. The van der Waals surface area contributed by atoms with Gasteiger partial charge >= 0.3 is 0 Å². The molecule has 0 bridgehead atoms. The molecule has 4 nitrogen and oxygen atoms in total. The molecule has 1 N–H and O–H groups in total. The SMILES string of the molecule is CCNCC1CCN(c2c(F)cc3c(=O)ccn(CC)c3c2F)C1. The van der Waals surface area contributed by atoms with Crippen molar-refractivity contribution < 1.29 is 8.78 Å². The van der Waals surface area contributed by atoms with Crippen LogP contribution in [0.1, 0.15) is 20.3 Å². The third kappa shape index (κ3) is 2.90. The van der Waals surface area contributed by atoms with Gasteiger partial charge in [0.15, 0.2) is 11.2 Å². The third-order valence-electron chi connectivity index (χ3n) is 4.75. The summed E-state index contributed by atoms with van der Waals surface area (Å²) in [6.07, 6.45) is 2.46. The van der Waals surface area contributed by atoms with Crippen molar-refractivity contribution in [1.29, 1.82) is 0 Å². The van der Waals surface area contributed by atoms with Crippen molar-refractivity contribution in [1.82, 2.24) is 9.88 Å². The van der Waals surface area contributed by atoms with Crippen molar-refractivity contribution in [3.63, 3.8) is 0 Å². The summed E-state index contributed by atoms with van der Waals surface area (Å²) in [6, 6.07) is 2.53. The zero-order chi connectivity index (χ0) is 17.3. The average molecular weight is 335 g/mol. The van der Waals surface area contributed by atoms with Crippen molar-refractivity contribution in [2.45, 2.75) is 26.8 Å². The van der Waals surface area contributed by atoms with E-state index in [1.54, 1.807) is 15.7 Å². The minimum Gasteiger partial charge on any atom is -0.366 e. The Morgan fingerprint density at radius 2 is 2.12 bits per heavy atom. The van der Waals surface area contributed by atoms with Crippen molar-refractivity contribution in [3.05, 3.63) is 40.2 Å². The van der Waals surface area contributed by atoms with E-state index in [1.807, 2.05) is 13.8 Å². The van der Waals surface area contributed by atoms with Crippen LogP contribution >= 0.6 is 0 Å². The second-order valence-corrected chi connectivity index (χ2v) is 6.29. The lowest BCUT2D eigenvalue weighted by atomic mass is 10.1. The predicted octanol–water partition coefficient (Wildman–Crippen LogP) is 2.74. The number of hydrogen-bond acceptors (Lipinski definition) is 3. The third-order valence-corrected chi connectivity index (χ3v) is 4.75. The maximum atomic E-state index is 15.1. The van der Waals surface area contributed by atoms with Gasteiger partial charge in [-0.2, -0.15) is 0 Å². The van der Waals surface area contributed by atoms with E-state index < -0.39 is 11.6 Å². The number of benzene rings is 1. The van der Waals surface area contributed by atoms with Crippen LogP contribution in [-0.4, -0.2) is 30.7 Å². The van der Waals surface area contributed by atoms with E-state index in [4.69, 9.17) is 0 Å². The fourth-order valence-corrected chi connectivity index (χ4v) is 3.49. The zero-order valence-corrected chi connectivity index (χ0v) is 14.1. The normalized spacial score (nSPS) is 17.8. The lowest BCUT2D eigenvalue weighted by Gasteiger charge is -2.22. The topological polar surface area (TPSA) is 37.3 Å². The van der Waals surface area contributed by atoms with Gasteiger partial charge in [-0.15, -0.1) is 0 Å². The number of halogens is 2. The Kier molecular flexibility index (Phi) is 4.85. The minimum atomic E-state index is -0.657. The first-order valence-electron chi connectivity index (χ1n) is 8.53. The molecule has 6 heteroatoms. The number of fused-ring (bicyclic) bond motifs is 1. The minimum absolute atomic E-state index is 0.00528. The van der Waals surface area contributed by atoms with Crippen molar-refractivity contribution in [3.8, 4) is 0 Å². The fourth-order valence-electron chi connectivity index (χ4n) is 3.49. The highest BCUT2D eigenvalue weighted by atomic mass is 19.1. The van der Waals surface area contributed by atoms with Crippen LogP contribution in [0.4, 0.5) is 14.5 Å². The molecule has 130 valence electrons. The Morgan fingerprint density at radius 3 is 2.83 bits per heavy atom. The van der Waals surface area contributed by atoms with Crippen LogP contribution in [0.3, 0.4) is 0 Å². The van der Waals surface area contributed by atoms with Crippen molar-refractivity contribution >= 4 is 16.6 Å². The van der Waals surface area contributed by atoms with Crippen LogP contribution in [0.2, 0.25) is 0 Å². The molecule has 0 amide bonds. The molecule has 1 atom stereocenters. The molecule has 1 aliphatic heterocycles. The summed E-state index contributed by atoms with van der Waals surface area (Å²) < 4.78 is 31.4. The number of hydrogen-bond donors (Lipinski definition) is 1. The molecule has 24 heavy (non-hydrogen) atoms. The monoisotopic (exact) mass is 335 g/mol. The Hall–Kier alpha value is -1.95. The van der Waals surface area contributed by atoms with Crippen LogP contribution < -0.4 is 15.6 Å². The average Bonchev–Trinajstić information content (AvgIpc) is 3.02. The summed E-state index contributed by atoms with van der Waals surface area (Å²) >= 11 is 0. The highest BCUT2D eigenvalue weighted by molar-refractivity contribution is 5.84. The van der Waals surface area contributed by atoms with E-state index in [-0.39, 0.29) is 22.0 Å². The summed E-state index contributed by atoms with van der Waals surface area (Å²) in [5.41, 5.74) is -0.170. The summed E-state index contributed by atoms with van der Waals surface area (Å²) in [5, 5.41) is 3.39. The van der Waals surface area contributed by atoms with Crippen LogP contribution in [0, 0.1) is 17.6 Å². The van der Waals surface area contributed by atoms with E-state index in [1.165, 1.54) is 12.1 Å². The maximum Gasteiger partial charge on any atom is 0.189 e. The number of aryl methyl sites for hydroxylation is 1. The van der Waals surface area contributed by atoms with Crippen molar-refractivity contribution in [2.75, 3.05) is 31.1 Å². The molecule has 0 radical (unpaired) electrons. The van der Waals surface area contributed by atoms with E-state index in [2.05, 4.69) is 5.32 Å². The quantitative estimate of drug-likeness (QED) is 0.913. The van der Waals surface area contributed by atoms with Gasteiger partial charge in [-0.1, -0.05) is 6.92 Å². The molecule has 2 aromatic rings. The Balaban J connectivity index is 2.05. The molecule has 1 aromatic heterocycles. The first-order valence-corrected chi connectivity index (χ1v) is 8.53. The molecule has 1 saturated heterocycles. The molecule has 0 saturated carbocycles. The van der Waals surface area contributed by atoms with E-state index in [9.17, 15) is 9.18 Å². The van der Waals surface area contributed by atoms with Gasteiger partial charge in [0.05, 0.1) is 10.9 Å². The molecular formula is C18H23F2N3O. The van der Waals surface area contributed by atoms with Gasteiger partial charge in [0, 0.05) is 31.9 Å². The van der Waals surface area contributed by atoms with E-state index >= 15 is 4.39 Å². The number of nitrogens with one attached hydrogen (secondary N) is 1. The molecule has 2 heterocycles. The highest BCUT2D eigenvalue weighted by Crippen LogP contribution is 2.32. The Labute approximate surface area is 140 Å². The van der Waals surface area contributed by atoms with Crippen LogP contribution in [-0.2, 0) is 6.54 Å². The Morgan fingerprint density at radius 1 is 1.33 bits per heavy atom. The van der Waals surface area contributed by atoms with E-state index in [0.717, 1.165) is 19.5 Å². The second-order valence-electron chi connectivity index (χ2n) is 6.29. The van der Waals surface area contributed by atoms with Gasteiger partial charge in [0.25, 0.3) is 0 Å². The number of aromatic nitrogens is 1. The summed E-state index contributed by atoms with van der Waals surface area (Å²) in [6.45, 7) is 7.41. The molecule has 1 unspecified atom stereocenters. The van der Waals surface area contributed by atoms with Gasteiger partial charge in [-0.05, 0) is 38.4 Å². The predicted molar refractivity (Wildman–Crippen MR) is 92.7 cm³/mol. The molecule has 1 aromatic carbocycles. The number of rotatable bonds is 5. The van der Waals surface area contributed by atoms with Gasteiger partial charge < -0.3 is 14.8 Å². The molecule has 1 aliphatic rings. The first kappa shape index (κ1) is 16.9. The van der Waals surface area contributed by atoms with Crippen LogP contribution in [0.5, 0.6) is 0 Å².